The Hall–Kier alpha value is -1.87. The van der Waals surface area contributed by atoms with Crippen LogP contribution in [-0.4, -0.2) is 56.4 Å². The van der Waals surface area contributed by atoms with Crippen LogP contribution in [0, 0.1) is 0 Å². The summed E-state index contributed by atoms with van der Waals surface area (Å²) in [5, 5.41) is 2.80. The predicted octanol–water partition coefficient (Wildman–Crippen LogP) is 3.01. The van der Waals surface area contributed by atoms with Gasteiger partial charge in [0.2, 0.25) is 15.9 Å². The van der Waals surface area contributed by atoms with Crippen molar-refractivity contribution in [2.75, 3.05) is 43.1 Å². The first-order valence-electron chi connectivity index (χ1n) is 9.65. The number of carbonyl (C=O) groups is 1. The van der Waals surface area contributed by atoms with Crippen LogP contribution in [0.25, 0.3) is 0 Å². The highest BCUT2D eigenvalue weighted by Gasteiger charge is 2.26. The normalized spacial score (nSPS) is 15.2. The van der Waals surface area contributed by atoms with Crippen molar-refractivity contribution in [3.63, 3.8) is 0 Å². The Bertz CT molecular complexity index is 898. The molecule has 3 rings (SSSR count). The lowest BCUT2D eigenvalue weighted by Crippen LogP contribution is -2.40. The maximum atomic E-state index is 12.7. The molecule has 0 spiro atoms. The summed E-state index contributed by atoms with van der Waals surface area (Å²) in [5.41, 5.74) is 1.80. The fourth-order valence-electron chi connectivity index (χ4n) is 3.06. The highest BCUT2D eigenvalue weighted by molar-refractivity contribution is 7.99. The number of sulfonamides is 1. The molecular formula is C21H26N2O4S2. The molecule has 0 aromatic heterocycles. The second-order valence-corrected chi connectivity index (χ2v) is 9.78. The third-order valence-electron chi connectivity index (χ3n) is 4.56. The molecular weight excluding hydrogens is 408 g/mol. The highest BCUT2D eigenvalue weighted by atomic mass is 32.2. The molecule has 0 unspecified atom stereocenters. The van der Waals surface area contributed by atoms with Crippen molar-refractivity contribution in [3.8, 4) is 0 Å². The Kier molecular flexibility index (Phi) is 8.11. The van der Waals surface area contributed by atoms with Crippen LogP contribution >= 0.6 is 11.8 Å². The zero-order chi connectivity index (χ0) is 20.5. The number of hydrogen-bond acceptors (Lipinski definition) is 5. The molecule has 1 aliphatic heterocycles. The van der Waals surface area contributed by atoms with Crippen molar-refractivity contribution in [2.24, 2.45) is 0 Å². The SMILES string of the molecule is O=C(CSCCCc1ccccc1)Nc1cccc(S(=O)(=O)N2CCOCC2)c1. The summed E-state index contributed by atoms with van der Waals surface area (Å²) in [4.78, 5) is 12.4. The number of morpholine rings is 1. The first kappa shape index (κ1) is 21.8. The molecule has 1 fully saturated rings. The van der Waals surface area contributed by atoms with Crippen molar-refractivity contribution in [3.05, 3.63) is 60.2 Å². The number of ether oxygens (including phenoxy) is 1. The van der Waals surface area contributed by atoms with Gasteiger partial charge in [-0.05, 0) is 42.4 Å². The number of thioether (sulfide) groups is 1. The predicted molar refractivity (Wildman–Crippen MR) is 117 cm³/mol. The maximum absolute atomic E-state index is 12.7. The summed E-state index contributed by atoms with van der Waals surface area (Å²) in [6.07, 6.45) is 2.01. The Balaban J connectivity index is 1.46. The average molecular weight is 435 g/mol. The van der Waals surface area contributed by atoms with Gasteiger partial charge in [0.25, 0.3) is 0 Å². The first-order valence-corrected chi connectivity index (χ1v) is 12.2. The van der Waals surface area contributed by atoms with Gasteiger partial charge in [0.1, 0.15) is 0 Å². The molecule has 0 atom stereocenters. The smallest absolute Gasteiger partial charge is 0.243 e. The lowest BCUT2D eigenvalue weighted by molar-refractivity contribution is -0.113. The van der Waals surface area contributed by atoms with E-state index in [2.05, 4.69) is 17.4 Å². The molecule has 29 heavy (non-hydrogen) atoms. The lowest BCUT2D eigenvalue weighted by atomic mass is 10.1. The summed E-state index contributed by atoms with van der Waals surface area (Å²) in [6, 6.07) is 16.7. The highest BCUT2D eigenvalue weighted by Crippen LogP contribution is 2.21. The van der Waals surface area contributed by atoms with E-state index < -0.39 is 10.0 Å². The van der Waals surface area contributed by atoms with Gasteiger partial charge in [0.15, 0.2) is 0 Å². The molecule has 2 aromatic rings. The summed E-state index contributed by atoms with van der Waals surface area (Å²) < 4.78 is 32.1. The molecule has 8 heteroatoms. The third kappa shape index (κ3) is 6.57. The largest absolute Gasteiger partial charge is 0.379 e. The fourth-order valence-corrected chi connectivity index (χ4v) is 5.26. The van der Waals surface area contributed by atoms with Crippen LogP contribution in [0.2, 0.25) is 0 Å². The quantitative estimate of drug-likeness (QED) is 0.614. The van der Waals surface area contributed by atoms with Gasteiger partial charge in [-0.2, -0.15) is 16.1 Å². The molecule has 6 nitrogen and oxygen atoms in total. The molecule has 1 saturated heterocycles. The standard InChI is InChI=1S/C21H26N2O4S2/c24-21(17-28-15-5-8-18-6-2-1-3-7-18)22-19-9-4-10-20(16-19)29(25,26)23-11-13-27-14-12-23/h1-4,6-7,9-10,16H,5,8,11-15,17H2,(H,22,24). The molecule has 2 aromatic carbocycles. The number of nitrogens with one attached hydrogen (secondary N) is 1. The van der Waals surface area contributed by atoms with Gasteiger partial charge < -0.3 is 10.1 Å². The van der Waals surface area contributed by atoms with E-state index in [0.29, 0.717) is 37.7 Å². The number of nitrogens with zero attached hydrogens (tertiary/aromatic N) is 1. The van der Waals surface area contributed by atoms with Crippen LogP contribution in [0.4, 0.5) is 5.69 Å². The number of aryl methyl sites for hydroxylation is 1. The fraction of sp³-hybridized carbons (Fsp3) is 0.381. The Labute approximate surface area is 176 Å². The average Bonchev–Trinajstić information content (AvgIpc) is 2.75. The van der Waals surface area contributed by atoms with E-state index in [9.17, 15) is 13.2 Å². The Morgan fingerprint density at radius 1 is 1.07 bits per heavy atom. The maximum Gasteiger partial charge on any atom is 0.243 e. The van der Waals surface area contributed by atoms with Crippen molar-refractivity contribution >= 4 is 33.4 Å². The molecule has 0 saturated carbocycles. The number of benzene rings is 2. The summed E-state index contributed by atoms with van der Waals surface area (Å²) in [7, 11) is -3.57. The van der Waals surface area contributed by atoms with Crippen LogP contribution in [0.15, 0.2) is 59.5 Å². The zero-order valence-corrected chi connectivity index (χ0v) is 17.9. The van der Waals surface area contributed by atoms with Crippen molar-refractivity contribution < 1.29 is 17.9 Å². The minimum atomic E-state index is -3.57. The molecule has 1 amide bonds. The van der Waals surface area contributed by atoms with Crippen LogP contribution in [0.5, 0.6) is 0 Å². The molecule has 1 aliphatic rings. The molecule has 0 bridgehead atoms. The van der Waals surface area contributed by atoms with Crippen molar-refractivity contribution in [1.82, 2.24) is 4.31 Å². The van der Waals surface area contributed by atoms with Crippen LogP contribution in [-0.2, 0) is 26.0 Å². The summed E-state index contributed by atoms with van der Waals surface area (Å²) in [6.45, 7) is 1.49. The van der Waals surface area contributed by atoms with Crippen LogP contribution < -0.4 is 5.32 Å². The lowest BCUT2D eigenvalue weighted by Gasteiger charge is -2.26. The third-order valence-corrected chi connectivity index (χ3v) is 7.49. The molecule has 1 heterocycles. The zero-order valence-electron chi connectivity index (χ0n) is 16.2. The van der Waals surface area contributed by atoms with E-state index in [1.165, 1.54) is 15.9 Å². The summed E-state index contributed by atoms with van der Waals surface area (Å²) in [5.74, 6) is 1.11. The van der Waals surface area contributed by atoms with Gasteiger partial charge in [0.05, 0.1) is 23.9 Å². The van der Waals surface area contributed by atoms with E-state index in [-0.39, 0.29) is 10.8 Å². The first-order chi connectivity index (χ1) is 14.1. The molecule has 0 radical (unpaired) electrons. The van der Waals surface area contributed by atoms with Crippen LogP contribution in [0.1, 0.15) is 12.0 Å². The van der Waals surface area contributed by atoms with E-state index in [1.807, 2.05) is 18.2 Å². The van der Waals surface area contributed by atoms with Gasteiger partial charge >= 0.3 is 0 Å². The Morgan fingerprint density at radius 3 is 2.59 bits per heavy atom. The van der Waals surface area contributed by atoms with E-state index in [4.69, 9.17) is 4.74 Å². The molecule has 0 aliphatic carbocycles. The van der Waals surface area contributed by atoms with Gasteiger partial charge in [-0.3, -0.25) is 4.79 Å². The minimum absolute atomic E-state index is 0.129. The number of hydrogen-bond donors (Lipinski definition) is 1. The number of rotatable bonds is 9. The number of anilines is 1. The molecule has 1 N–H and O–H groups in total. The molecule has 156 valence electrons. The van der Waals surface area contributed by atoms with Gasteiger partial charge in [0, 0.05) is 18.8 Å². The van der Waals surface area contributed by atoms with E-state index in [0.717, 1.165) is 18.6 Å². The topological polar surface area (TPSA) is 75.7 Å². The Morgan fingerprint density at radius 2 is 1.83 bits per heavy atom. The van der Waals surface area contributed by atoms with E-state index >= 15 is 0 Å². The van der Waals surface area contributed by atoms with Crippen molar-refractivity contribution in [2.45, 2.75) is 17.7 Å². The van der Waals surface area contributed by atoms with Gasteiger partial charge in [-0.1, -0.05) is 36.4 Å². The summed E-state index contributed by atoms with van der Waals surface area (Å²) >= 11 is 1.58. The second kappa shape index (κ2) is 10.8. The van der Waals surface area contributed by atoms with Gasteiger partial charge in [-0.25, -0.2) is 8.42 Å². The van der Waals surface area contributed by atoms with Crippen molar-refractivity contribution in [1.29, 1.82) is 0 Å². The second-order valence-electron chi connectivity index (χ2n) is 6.73. The van der Waals surface area contributed by atoms with Gasteiger partial charge in [-0.15, -0.1) is 0 Å². The van der Waals surface area contributed by atoms with E-state index in [1.54, 1.807) is 30.0 Å². The monoisotopic (exact) mass is 434 g/mol. The number of carbonyl (C=O) groups excluding carboxylic acids is 1. The minimum Gasteiger partial charge on any atom is -0.379 e. The van der Waals surface area contributed by atoms with Crippen LogP contribution in [0.3, 0.4) is 0 Å². The number of amides is 1.